The van der Waals surface area contributed by atoms with Crippen molar-refractivity contribution in [2.45, 2.75) is 13.5 Å². The number of fused-ring (bicyclic) bond motifs is 1. The lowest BCUT2D eigenvalue weighted by atomic mass is 10.1. The summed E-state index contributed by atoms with van der Waals surface area (Å²) in [5.74, 6) is 0.844. The third-order valence-corrected chi connectivity index (χ3v) is 2.76. The minimum absolute atomic E-state index is 0.146. The van der Waals surface area contributed by atoms with Gasteiger partial charge in [-0.15, -0.1) is 0 Å². The summed E-state index contributed by atoms with van der Waals surface area (Å²) in [6.07, 6.45) is 0. The van der Waals surface area contributed by atoms with E-state index in [-0.39, 0.29) is 6.61 Å². The second kappa shape index (κ2) is 5.10. The zero-order valence-electron chi connectivity index (χ0n) is 10.4. The number of hydrogen-bond acceptors (Lipinski definition) is 5. The summed E-state index contributed by atoms with van der Waals surface area (Å²) in [4.78, 5) is 11.1. The quantitative estimate of drug-likeness (QED) is 0.835. The van der Waals surface area contributed by atoms with E-state index in [1.54, 1.807) is 6.07 Å². The van der Waals surface area contributed by atoms with Crippen LogP contribution in [-0.4, -0.2) is 19.7 Å². The average Bonchev–Trinajstić information content (AvgIpc) is 2.71. The molecule has 0 fully saturated rings. The summed E-state index contributed by atoms with van der Waals surface area (Å²) >= 11 is 0. The second-order valence-electron chi connectivity index (χ2n) is 3.84. The van der Waals surface area contributed by atoms with E-state index in [9.17, 15) is 4.79 Å². The maximum atomic E-state index is 11.1. The smallest absolute Gasteiger partial charge is 0.343 e. The SMILES string of the molecule is COC(=O)COc1cccc2c(CN)c(C)oc12. The molecule has 5 heteroatoms. The number of aryl methyl sites for hydroxylation is 1. The van der Waals surface area contributed by atoms with Crippen molar-refractivity contribution in [2.24, 2.45) is 5.73 Å². The first-order chi connectivity index (χ1) is 8.67. The van der Waals surface area contributed by atoms with Crippen LogP contribution in [0.2, 0.25) is 0 Å². The number of benzene rings is 1. The third kappa shape index (κ3) is 2.17. The molecule has 0 amide bonds. The topological polar surface area (TPSA) is 74.7 Å². The van der Waals surface area contributed by atoms with Crippen LogP contribution in [0.3, 0.4) is 0 Å². The molecule has 1 heterocycles. The van der Waals surface area contributed by atoms with E-state index >= 15 is 0 Å². The van der Waals surface area contributed by atoms with Gasteiger partial charge in [0, 0.05) is 17.5 Å². The first kappa shape index (κ1) is 12.4. The third-order valence-electron chi connectivity index (χ3n) is 2.76. The molecule has 0 aliphatic rings. The highest BCUT2D eigenvalue weighted by molar-refractivity contribution is 5.87. The monoisotopic (exact) mass is 249 g/mol. The first-order valence-electron chi connectivity index (χ1n) is 5.58. The standard InChI is InChI=1S/C13H15NO4/c1-8-10(6-14)9-4-3-5-11(13(9)18-8)17-7-12(15)16-2/h3-5H,6-7,14H2,1-2H3. The van der Waals surface area contributed by atoms with Crippen LogP contribution in [-0.2, 0) is 16.1 Å². The fraction of sp³-hybridized carbons (Fsp3) is 0.308. The second-order valence-corrected chi connectivity index (χ2v) is 3.84. The van der Waals surface area contributed by atoms with Gasteiger partial charge in [-0.05, 0) is 13.0 Å². The van der Waals surface area contributed by atoms with Gasteiger partial charge in [0.25, 0.3) is 0 Å². The highest BCUT2D eigenvalue weighted by Gasteiger charge is 2.14. The molecule has 0 saturated heterocycles. The summed E-state index contributed by atoms with van der Waals surface area (Å²) in [6, 6.07) is 5.50. The van der Waals surface area contributed by atoms with Gasteiger partial charge in [0.2, 0.25) is 0 Å². The van der Waals surface area contributed by atoms with E-state index in [1.807, 2.05) is 19.1 Å². The molecule has 0 radical (unpaired) electrons. The van der Waals surface area contributed by atoms with E-state index in [1.165, 1.54) is 7.11 Å². The highest BCUT2D eigenvalue weighted by Crippen LogP contribution is 2.32. The largest absolute Gasteiger partial charge is 0.478 e. The summed E-state index contributed by atoms with van der Waals surface area (Å²) in [6.45, 7) is 2.11. The van der Waals surface area contributed by atoms with E-state index in [0.717, 1.165) is 16.7 Å². The van der Waals surface area contributed by atoms with Crippen molar-refractivity contribution < 1.29 is 18.7 Å². The zero-order chi connectivity index (χ0) is 13.1. The predicted octanol–water partition coefficient (Wildman–Crippen LogP) is 1.75. The number of methoxy groups -OCH3 is 1. The van der Waals surface area contributed by atoms with Gasteiger partial charge in [0.1, 0.15) is 5.76 Å². The van der Waals surface area contributed by atoms with Crippen molar-refractivity contribution in [2.75, 3.05) is 13.7 Å². The number of rotatable bonds is 4. The van der Waals surface area contributed by atoms with Crippen LogP contribution in [0, 0.1) is 6.92 Å². The number of nitrogens with two attached hydrogens (primary N) is 1. The number of carbonyl (C=O) groups is 1. The minimum Gasteiger partial charge on any atom is -0.478 e. The Kier molecular flexibility index (Phi) is 3.53. The Labute approximate surface area is 104 Å². The van der Waals surface area contributed by atoms with Crippen molar-refractivity contribution in [3.8, 4) is 5.75 Å². The van der Waals surface area contributed by atoms with Crippen molar-refractivity contribution in [3.63, 3.8) is 0 Å². The van der Waals surface area contributed by atoms with Crippen LogP contribution in [0.15, 0.2) is 22.6 Å². The van der Waals surface area contributed by atoms with Crippen LogP contribution >= 0.6 is 0 Å². The number of carbonyl (C=O) groups excluding carboxylic acids is 1. The highest BCUT2D eigenvalue weighted by atomic mass is 16.6. The molecule has 96 valence electrons. The Morgan fingerprint density at radius 3 is 2.89 bits per heavy atom. The molecule has 0 aliphatic heterocycles. The molecule has 0 unspecified atom stereocenters. The summed E-state index contributed by atoms with van der Waals surface area (Å²) in [7, 11) is 1.32. The lowest BCUT2D eigenvalue weighted by molar-refractivity contribution is -0.142. The molecule has 0 spiro atoms. The molecule has 2 rings (SSSR count). The number of esters is 1. The molecule has 1 aromatic carbocycles. The maximum Gasteiger partial charge on any atom is 0.343 e. The predicted molar refractivity (Wildman–Crippen MR) is 66.4 cm³/mol. The van der Waals surface area contributed by atoms with Crippen LogP contribution in [0.1, 0.15) is 11.3 Å². The van der Waals surface area contributed by atoms with E-state index in [2.05, 4.69) is 4.74 Å². The molecular formula is C13H15NO4. The lowest BCUT2D eigenvalue weighted by Crippen LogP contribution is -2.12. The Morgan fingerprint density at radius 2 is 2.22 bits per heavy atom. The Morgan fingerprint density at radius 1 is 1.44 bits per heavy atom. The van der Waals surface area contributed by atoms with Gasteiger partial charge in [0.15, 0.2) is 17.9 Å². The molecule has 2 aromatic rings. The molecule has 0 aliphatic carbocycles. The summed E-state index contributed by atoms with van der Waals surface area (Å²) in [5.41, 5.74) is 7.24. The molecule has 0 saturated carbocycles. The van der Waals surface area contributed by atoms with Crippen LogP contribution in [0.25, 0.3) is 11.0 Å². The van der Waals surface area contributed by atoms with Gasteiger partial charge < -0.3 is 19.6 Å². The van der Waals surface area contributed by atoms with Crippen molar-refractivity contribution >= 4 is 16.9 Å². The Bertz CT molecular complexity index is 574. The molecular weight excluding hydrogens is 234 g/mol. The van der Waals surface area contributed by atoms with Gasteiger partial charge in [-0.3, -0.25) is 0 Å². The van der Waals surface area contributed by atoms with Crippen molar-refractivity contribution in [1.82, 2.24) is 0 Å². The van der Waals surface area contributed by atoms with E-state index in [4.69, 9.17) is 14.9 Å². The van der Waals surface area contributed by atoms with Gasteiger partial charge in [-0.1, -0.05) is 12.1 Å². The average molecular weight is 249 g/mol. The lowest BCUT2D eigenvalue weighted by Gasteiger charge is -2.04. The number of furan rings is 1. The van der Waals surface area contributed by atoms with E-state index in [0.29, 0.717) is 17.9 Å². The van der Waals surface area contributed by atoms with Gasteiger partial charge in [0.05, 0.1) is 7.11 Å². The number of ether oxygens (including phenoxy) is 2. The summed E-state index contributed by atoms with van der Waals surface area (Å²) < 4.78 is 15.5. The first-order valence-corrected chi connectivity index (χ1v) is 5.58. The van der Waals surface area contributed by atoms with Gasteiger partial charge in [-0.25, -0.2) is 4.79 Å². The molecule has 18 heavy (non-hydrogen) atoms. The van der Waals surface area contributed by atoms with Gasteiger partial charge >= 0.3 is 5.97 Å². The summed E-state index contributed by atoms with van der Waals surface area (Å²) in [5, 5.41) is 0.914. The Hall–Kier alpha value is -2.01. The number of hydrogen-bond donors (Lipinski definition) is 1. The minimum atomic E-state index is -0.436. The molecule has 2 N–H and O–H groups in total. The molecule has 1 aromatic heterocycles. The Balaban J connectivity index is 2.37. The van der Waals surface area contributed by atoms with Crippen molar-refractivity contribution in [1.29, 1.82) is 0 Å². The van der Waals surface area contributed by atoms with Gasteiger partial charge in [-0.2, -0.15) is 0 Å². The zero-order valence-corrected chi connectivity index (χ0v) is 10.4. The van der Waals surface area contributed by atoms with Crippen LogP contribution in [0.4, 0.5) is 0 Å². The fourth-order valence-corrected chi connectivity index (χ4v) is 1.83. The molecule has 5 nitrogen and oxygen atoms in total. The molecule has 0 atom stereocenters. The fourth-order valence-electron chi connectivity index (χ4n) is 1.83. The van der Waals surface area contributed by atoms with Crippen molar-refractivity contribution in [3.05, 3.63) is 29.5 Å². The number of para-hydroxylation sites is 1. The van der Waals surface area contributed by atoms with E-state index < -0.39 is 5.97 Å². The van der Waals surface area contributed by atoms with Crippen LogP contribution < -0.4 is 10.5 Å². The molecule has 0 bridgehead atoms. The normalized spacial score (nSPS) is 10.6. The van der Waals surface area contributed by atoms with Crippen LogP contribution in [0.5, 0.6) is 5.75 Å². The maximum absolute atomic E-state index is 11.1.